The zero-order valence-corrected chi connectivity index (χ0v) is 12.3. The van der Waals surface area contributed by atoms with Crippen LogP contribution in [0.1, 0.15) is 20.8 Å². The number of rotatable bonds is 9. The molecule has 0 heterocycles. The number of aliphatic carboxylic acids is 2. The number of carboxylic acids is 2. The molecule has 0 aliphatic rings. The van der Waals surface area contributed by atoms with Crippen molar-refractivity contribution in [1.82, 2.24) is 0 Å². The second kappa shape index (κ2) is 7.81. The van der Waals surface area contributed by atoms with Gasteiger partial charge < -0.3 is 10.2 Å². The number of carbonyl (C=O) groups is 2. The maximum absolute atomic E-state index is 12.2. The number of hydrogen-bond acceptors (Lipinski definition) is 6. The van der Waals surface area contributed by atoms with Crippen molar-refractivity contribution in [2.75, 3.05) is 5.88 Å². The maximum atomic E-state index is 12.2. The second-order valence-electron chi connectivity index (χ2n) is 3.69. The van der Waals surface area contributed by atoms with Gasteiger partial charge in [-0.05, 0) is 20.8 Å². The summed E-state index contributed by atoms with van der Waals surface area (Å²) in [5.41, 5.74) is 0. The number of alkyl halides is 1. The highest BCUT2D eigenvalue weighted by Crippen LogP contribution is 2.52. The first-order chi connectivity index (χ1) is 8.61. The highest BCUT2D eigenvalue weighted by Gasteiger charge is 2.37. The van der Waals surface area contributed by atoms with Crippen LogP contribution >= 0.6 is 19.4 Å². The van der Waals surface area contributed by atoms with Gasteiger partial charge in [0, 0.05) is 5.88 Å². The summed E-state index contributed by atoms with van der Waals surface area (Å²) in [6.45, 7) is 3.67. The van der Waals surface area contributed by atoms with Gasteiger partial charge >= 0.3 is 19.8 Å². The third-order valence-electron chi connectivity index (χ3n) is 1.80. The molecule has 0 aromatic carbocycles. The van der Waals surface area contributed by atoms with Gasteiger partial charge in [0.15, 0.2) is 12.2 Å². The molecule has 0 radical (unpaired) electrons. The van der Waals surface area contributed by atoms with Gasteiger partial charge in [-0.1, -0.05) is 0 Å². The lowest BCUT2D eigenvalue weighted by Crippen LogP contribution is -2.25. The predicted octanol–water partition coefficient (Wildman–Crippen LogP) is 1.72. The van der Waals surface area contributed by atoms with E-state index in [1.54, 1.807) is 0 Å². The third kappa shape index (κ3) is 6.89. The predicted molar refractivity (Wildman–Crippen MR) is 65.2 cm³/mol. The molecule has 0 saturated heterocycles. The molecule has 0 fully saturated rings. The molecule has 0 aromatic heterocycles. The molecule has 2 N–H and O–H groups in total. The number of halogens is 1. The summed E-state index contributed by atoms with van der Waals surface area (Å²) in [6, 6.07) is 0. The molecule has 0 saturated carbocycles. The van der Waals surface area contributed by atoms with Crippen LogP contribution in [0.2, 0.25) is 0 Å². The lowest BCUT2D eigenvalue weighted by atomic mass is 10.4. The van der Waals surface area contributed by atoms with E-state index in [0.29, 0.717) is 0 Å². The van der Waals surface area contributed by atoms with Crippen LogP contribution in [0.3, 0.4) is 0 Å². The Morgan fingerprint density at radius 1 is 1.05 bits per heavy atom. The van der Waals surface area contributed by atoms with Crippen molar-refractivity contribution in [3.63, 3.8) is 0 Å². The maximum Gasteiger partial charge on any atom is 0.476 e. The fraction of sp³-hybridized carbons (Fsp3) is 0.778. The minimum absolute atomic E-state index is 0.0559. The molecule has 10 heteroatoms. The smallest absolute Gasteiger partial charge is 0.476 e. The Kier molecular flexibility index (Phi) is 7.54. The molecule has 112 valence electrons. The minimum Gasteiger partial charge on any atom is -0.479 e. The van der Waals surface area contributed by atoms with Crippen molar-refractivity contribution in [2.24, 2.45) is 0 Å². The Bertz CT molecular complexity index is 347. The van der Waals surface area contributed by atoms with Crippen molar-refractivity contribution in [3.05, 3.63) is 0 Å². The van der Waals surface area contributed by atoms with Gasteiger partial charge in [0.2, 0.25) is 0 Å². The quantitative estimate of drug-likeness (QED) is 0.487. The third-order valence-corrected chi connectivity index (χ3v) is 4.00. The molecule has 0 amide bonds. The van der Waals surface area contributed by atoms with Crippen LogP contribution in [0, 0.1) is 0 Å². The molecule has 8 nitrogen and oxygen atoms in total. The molecule has 0 aliphatic carbocycles. The number of carboxylic acid groups (broad SMARTS) is 2. The summed E-state index contributed by atoms with van der Waals surface area (Å²) in [7, 11) is -4.36. The van der Waals surface area contributed by atoms with Gasteiger partial charge in [-0.15, -0.1) is 11.6 Å². The van der Waals surface area contributed by atoms with E-state index < -0.39 is 38.1 Å². The minimum atomic E-state index is -4.36. The first-order valence-corrected chi connectivity index (χ1v) is 7.27. The summed E-state index contributed by atoms with van der Waals surface area (Å²) in [5.74, 6) is -2.84. The highest BCUT2D eigenvalue weighted by atomic mass is 35.5. The topological polar surface area (TPSA) is 119 Å². The van der Waals surface area contributed by atoms with Crippen LogP contribution in [-0.2, 0) is 27.7 Å². The average Bonchev–Trinajstić information content (AvgIpc) is 2.27. The van der Waals surface area contributed by atoms with Crippen LogP contribution in [0.4, 0.5) is 0 Å². The standard InChI is InChI=1S/C9H16ClO8P/c1-5(4-10)16-19(15,17-6(2)8(11)12)18-7(3)9(13)14/h5-7H,4H2,1-3H3,(H,11,12)(H,13,14). The van der Waals surface area contributed by atoms with Crippen molar-refractivity contribution >= 4 is 31.4 Å². The summed E-state index contributed by atoms with van der Waals surface area (Å²) in [6.07, 6.45) is -3.75. The fourth-order valence-corrected chi connectivity index (χ4v) is 2.57. The Labute approximate surface area is 115 Å². The Hall–Kier alpha value is -0.660. The van der Waals surface area contributed by atoms with Gasteiger partial charge in [-0.3, -0.25) is 13.6 Å². The van der Waals surface area contributed by atoms with Crippen molar-refractivity contribution in [2.45, 2.75) is 39.1 Å². The summed E-state index contributed by atoms with van der Waals surface area (Å²) in [4.78, 5) is 21.3. The molecule has 0 aromatic rings. The molecule has 0 bridgehead atoms. The van der Waals surface area contributed by atoms with E-state index in [2.05, 4.69) is 9.05 Å². The molecule has 19 heavy (non-hydrogen) atoms. The zero-order chi connectivity index (χ0) is 15.2. The normalized spacial score (nSPS) is 19.2. The summed E-state index contributed by atoms with van der Waals surface area (Å²) < 4.78 is 26.4. The molecular weight excluding hydrogens is 303 g/mol. The van der Waals surface area contributed by atoms with Crippen molar-refractivity contribution in [3.8, 4) is 0 Å². The van der Waals surface area contributed by atoms with Crippen LogP contribution in [-0.4, -0.2) is 46.3 Å². The van der Waals surface area contributed by atoms with Gasteiger partial charge in [-0.25, -0.2) is 14.2 Å². The molecule has 3 unspecified atom stereocenters. The number of phosphoric ester groups is 1. The van der Waals surface area contributed by atoms with Gasteiger partial charge in [0.1, 0.15) is 0 Å². The van der Waals surface area contributed by atoms with E-state index in [9.17, 15) is 14.2 Å². The average molecular weight is 319 g/mol. The molecule has 0 aliphatic heterocycles. The van der Waals surface area contributed by atoms with Crippen LogP contribution in [0.15, 0.2) is 0 Å². The second-order valence-corrected chi connectivity index (χ2v) is 5.52. The highest BCUT2D eigenvalue weighted by molar-refractivity contribution is 7.48. The van der Waals surface area contributed by atoms with Crippen molar-refractivity contribution < 1.29 is 37.9 Å². The first kappa shape index (κ1) is 18.3. The Morgan fingerprint density at radius 2 is 1.42 bits per heavy atom. The van der Waals surface area contributed by atoms with Crippen LogP contribution in [0.5, 0.6) is 0 Å². The van der Waals surface area contributed by atoms with E-state index in [1.807, 2.05) is 0 Å². The lowest BCUT2D eigenvalue weighted by Gasteiger charge is -2.23. The van der Waals surface area contributed by atoms with E-state index >= 15 is 0 Å². The number of phosphoric acid groups is 1. The SMILES string of the molecule is CC(CCl)OP(=O)(OC(C)C(=O)O)OC(C)C(=O)O. The monoisotopic (exact) mass is 318 g/mol. The van der Waals surface area contributed by atoms with E-state index in [-0.39, 0.29) is 5.88 Å². The first-order valence-electron chi connectivity index (χ1n) is 5.28. The van der Waals surface area contributed by atoms with E-state index in [0.717, 1.165) is 13.8 Å². The molecule has 0 rings (SSSR count). The lowest BCUT2D eigenvalue weighted by molar-refractivity contribution is -0.147. The zero-order valence-electron chi connectivity index (χ0n) is 10.6. The van der Waals surface area contributed by atoms with E-state index in [1.165, 1.54) is 6.92 Å². The largest absolute Gasteiger partial charge is 0.479 e. The van der Waals surface area contributed by atoms with E-state index in [4.69, 9.17) is 26.3 Å². The Balaban J connectivity index is 4.96. The van der Waals surface area contributed by atoms with Gasteiger partial charge in [0.25, 0.3) is 0 Å². The molecule has 0 spiro atoms. The summed E-state index contributed by atoms with van der Waals surface area (Å²) in [5, 5.41) is 17.4. The fourth-order valence-electron chi connectivity index (χ4n) is 0.801. The molecular formula is C9H16ClO8P. The number of hydrogen-bond donors (Lipinski definition) is 2. The van der Waals surface area contributed by atoms with Crippen LogP contribution in [0.25, 0.3) is 0 Å². The van der Waals surface area contributed by atoms with Gasteiger partial charge in [-0.2, -0.15) is 0 Å². The summed E-state index contributed by atoms with van der Waals surface area (Å²) >= 11 is 5.47. The van der Waals surface area contributed by atoms with Crippen LogP contribution < -0.4 is 0 Å². The Morgan fingerprint density at radius 3 is 1.68 bits per heavy atom. The van der Waals surface area contributed by atoms with Gasteiger partial charge in [0.05, 0.1) is 6.10 Å². The van der Waals surface area contributed by atoms with Crippen molar-refractivity contribution in [1.29, 1.82) is 0 Å². The molecule has 3 atom stereocenters.